The summed E-state index contributed by atoms with van der Waals surface area (Å²) >= 11 is 31.1. The number of benzene rings is 1. The van der Waals surface area contributed by atoms with Gasteiger partial charge in [0.15, 0.2) is 0 Å². The molecule has 1 amide bonds. The molecule has 21 nitrogen and oxygen atoms in total. The Morgan fingerprint density at radius 2 is 1.17 bits per heavy atom. The van der Waals surface area contributed by atoms with E-state index in [-0.39, 0.29) is 23.4 Å². The first-order chi connectivity index (χ1) is 41.1. The predicted molar refractivity (Wildman–Crippen MR) is 326 cm³/mol. The van der Waals surface area contributed by atoms with E-state index in [1.165, 1.54) is 16.8 Å². The minimum Gasteiger partial charge on any atom is -0.497 e. The van der Waals surface area contributed by atoms with E-state index in [0.717, 1.165) is 91.0 Å². The largest absolute Gasteiger partial charge is 0.497 e. The Kier molecular flexibility index (Phi) is 29.9. The number of alkyl halides is 1. The molecule has 0 bridgehead atoms. The zero-order chi connectivity index (χ0) is 62.6. The summed E-state index contributed by atoms with van der Waals surface area (Å²) in [5.41, 5.74) is 20.6. The van der Waals surface area contributed by atoms with Crippen LogP contribution in [0.15, 0.2) is 90.2 Å². The van der Waals surface area contributed by atoms with Crippen LogP contribution in [0.2, 0.25) is 10.3 Å². The summed E-state index contributed by atoms with van der Waals surface area (Å²) < 4.78 is 50.3. The number of rotatable bonds is 5. The van der Waals surface area contributed by atoms with Crippen LogP contribution in [0.25, 0.3) is 0 Å². The molecule has 0 spiro atoms. The third-order valence-electron chi connectivity index (χ3n) is 12.4. The van der Waals surface area contributed by atoms with Gasteiger partial charge < -0.3 is 54.7 Å². The van der Waals surface area contributed by atoms with Crippen LogP contribution < -0.4 is 26.3 Å². The van der Waals surface area contributed by atoms with E-state index >= 15 is 0 Å². The van der Waals surface area contributed by atoms with Crippen molar-refractivity contribution in [2.45, 2.75) is 69.9 Å². The van der Waals surface area contributed by atoms with Gasteiger partial charge >= 0.3 is 23.1 Å². The maximum atomic E-state index is 11.6. The van der Waals surface area contributed by atoms with E-state index in [1.807, 2.05) is 48.6 Å². The molecule has 7 aliphatic heterocycles. The summed E-state index contributed by atoms with van der Waals surface area (Å²) in [6.07, 6.45) is 15.1. The number of primary amides is 1. The quantitative estimate of drug-likeness (QED) is 0.0280. The number of esters is 3. The molecule has 7 aliphatic rings. The van der Waals surface area contributed by atoms with Crippen molar-refractivity contribution in [1.82, 2.24) is 25.3 Å². The molecule has 28 heteroatoms. The van der Waals surface area contributed by atoms with Gasteiger partial charge in [-0.1, -0.05) is 53.0 Å². The number of Topliss-reactive ketones (excluding diaryl/α,β-unsaturated/α-hetero) is 1. The summed E-state index contributed by atoms with van der Waals surface area (Å²) in [6, 6.07) is 19.8. The van der Waals surface area contributed by atoms with Gasteiger partial charge in [-0.3, -0.25) is 19.1 Å². The molecule has 12 rings (SSSR count). The van der Waals surface area contributed by atoms with Crippen LogP contribution in [0.1, 0.15) is 89.9 Å². The van der Waals surface area contributed by atoms with Crippen molar-refractivity contribution >= 4 is 109 Å². The van der Waals surface area contributed by atoms with Gasteiger partial charge in [0.1, 0.15) is 38.9 Å². The Hall–Kier alpha value is -6.54. The first-order valence-corrected chi connectivity index (χ1v) is 32.0. The zero-order valence-electron chi connectivity index (χ0n) is 46.8. The number of hydrogen-bond donors (Lipinski definition) is 3. The molecule has 460 valence electrons. The molecule has 1 atom stereocenters. The lowest BCUT2D eigenvalue weighted by molar-refractivity contribution is -0.124. The number of methoxy groups -OCH3 is 2. The Morgan fingerprint density at radius 1 is 0.663 bits per heavy atom. The number of aryl methyl sites for hydroxylation is 2. The number of fused-ring (bicyclic) bond motifs is 4. The minimum absolute atomic E-state index is 0.0353. The third kappa shape index (κ3) is 25.0. The van der Waals surface area contributed by atoms with E-state index in [2.05, 4.69) is 71.1 Å². The van der Waals surface area contributed by atoms with Gasteiger partial charge in [0.25, 0.3) is 5.91 Å². The van der Waals surface area contributed by atoms with Crippen molar-refractivity contribution in [3.63, 3.8) is 0 Å². The number of carbonyl (C=O) groups excluding carboxylic acids is 5. The second-order valence-corrected chi connectivity index (χ2v) is 26.2. The highest BCUT2D eigenvalue weighted by Gasteiger charge is 2.23. The lowest BCUT2D eigenvalue weighted by Crippen LogP contribution is -2.29. The smallest absolute Gasteiger partial charge is 0.340 e. The molecule has 1 aromatic carbocycles. The van der Waals surface area contributed by atoms with Gasteiger partial charge in [0.2, 0.25) is 0 Å². The number of terminal acetylenes is 1. The van der Waals surface area contributed by atoms with Crippen molar-refractivity contribution in [2.75, 3.05) is 72.8 Å². The Balaban J connectivity index is 0.000000188. The number of aromatic nitrogens is 4. The molecule has 4 aromatic heterocycles. The Bertz CT molecular complexity index is 3240. The summed E-state index contributed by atoms with van der Waals surface area (Å²) in [4.78, 5) is 70.4. The molecule has 1 unspecified atom stereocenters. The molecule has 1 saturated heterocycles. The van der Waals surface area contributed by atoms with E-state index < -0.39 is 11.1 Å². The molecule has 0 radical (unpaired) electrons. The number of halogens is 6. The first kappa shape index (κ1) is 70.2. The fraction of sp³-hybridized carbons (Fsp3) is 0.362. The fourth-order valence-corrected chi connectivity index (χ4v) is 8.75. The topological polar surface area (TPSA) is 292 Å². The number of nitrogens with one attached hydrogen (secondary N) is 1. The van der Waals surface area contributed by atoms with Gasteiger partial charge in [-0.25, -0.2) is 29.3 Å². The highest BCUT2D eigenvalue weighted by molar-refractivity contribution is 8.24. The molecule has 0 aliphatic carbocycles. The molecule has 11 heterocycles. The number of nitrogen functional groups attached to an aromatic ring is 1. The van der Waals surface area contributed by atoms with Gasteiger partial charge in [0.05, 0.1) is 107 Å². The number of anilines is 1. The van der Waals surface area contributed by atoms with Crippen LogP contribution >= 0.6 is 73.7 Å². The van der Waals surface area contributed by atoms with E-state index in [1.54, 1.807) is 50.5 Å². The molecule has 5 aromatic rings. The van der Waals surface area contributed by atoms with Crippen LogP contribution in [0.5, 0.6) is 11.5 Å². The number of hydrogen-bond acceptors (Lipinski definition) is 20. The van der Waals surface area contributed by atoms with Crippen molar-refractivity contribution in [1.29, 1.82) is 0 Å². The molecule has 1 fully saturated rings. The van der Waals surface area contributed by atoms with Crippen LogP contribution in [-0.2, 0) is 87.7 Å². The SMILES string of the molecule is C#CC(N)=O.COc1ccc(CCc2ccc3c(n2)CCOC3=O)c(OC)c1.ClC1C=CC2=C(CCOC2)N1.Clc1ccc2c(n1)CCOC2.Nc1ccc2c(n1)CCOC2=O.O=C1CCOCC1.O=C1OCCc2nc(Cl)ccc21.O=P(Cl)(Cl)Cl. The highest BCUT2D eigenvalue weighted by Crippen LogP contribution is 2.61. The van der Waals surface area contributed by atoms with Crippen LogP contribution in [0, 0.1) is 12.3 Å². The normalized spacial score (nSPS) is 16.5. The highest BCUT2D eigenvalue weighted by atomic mass is 36.0. The summed E-state index contributed by atoms with van der Waals surface area (Å²) in [7, 11) is 3.29. The van der Waals surface area contributed by atoms with E-state index in [9.17, 15) is 28.5 Å². The molecule has 5 N–H and O–H groups in total. The Morgan fingerprint density at radius 3 is 1.74 bits per heavy atom. The summed E-state index contributed by atoms with van der Waals surface area (Å²) in [5, 5.41) is 0.969. The van der Waals surface area contributed by atoms with Crippen LogP contribution in [-0.4, -0.2) is 122 Å². The van der Waals surface area contributed by atoms with Crippen LogP contribution in [0.3, 0.4) is 0 Å². The number of nitrogens with zero attached hydrogens (tertiary/aromatic N) is 4. The maximum absolute atomic E-state index is 11.6. The average Bonchev–Trinajstić information content (AvgIpc) is 3.70. The molecular formula is C58H62Cl6N7O14P. The maximum Gasteiger partial charge on any atom is 0.340 e. The second kappa shape index (κ2) is 36.6. The second-order valence-electron chi connectivity index (χ2n) is 18.3. The molecular weight excluding hydrogens is 1260 g/mol. The number of cyclic esters (lactones) is 3. The van der Waals surface area contributed by atoms with E-state index in [0.29, 0.717) is 110 Å². The summed E-state index contributed by atoms with van der Waals surface area (Å²) in [5.74, 6) is 2.44. The third-order valence-corrected chi connectivity index (χ3v) is 13.1. The number of dihydropyridines is 1. The van der Waals surface area contributed by atoms with Gasteiger partial charge in [-0.15, -0.1) is 6.42 Å². The van der Waals surface area contributed by atoms with Crippen molar-refractivity contribution in [3.8, 4) is 23.8 Å². The number of ether oxygens (including phenoxy) is 8. The average molecular weight is 1320 g/mol. The number of ketones is 1. The van der Waals surface area contributed by atoms with Crippen molar-refractivity contribution in [2.24, 2.45) is 5.73 Å². The lowest BCUT2D eigenvalue weighted by Gasteiger charge is -2.25. The van der Waals surface area contributed by atoms with Crippen LogP contribution in [0.4, 0.5) is 5.82 Å². The standard InChI is InChI=1S/C18H19NO4.C8H6ClNO2.C8H10ClNO.C8H8ClNO.C8H8N2O2.C5H8O2.C3H3NO.Cl3OP/c1-21-14-7-4-12(17(11-14)22-2)3-5-13-6-8-15-16(19-13)9-10-23-18(15)20;9-7-2-1-5-6(10-7)3-4-12-8(5)11;2*9-8-2-1-6-5-11-4-3-7(6)10-8;9-7-2-1-5-6(10-7)3-4-12-8(5)11;6-5-1-3-7-4-2-5;1-2-3(4)5;1-5(2,3)4/h4,6-8,11H,3,5,9-10H2,1-2H3;1-2H,3-4H2;1-2,8,10H,3-5H2;1-2H,3-5H2;1-2H,3-4H2,(H2,9,10);1-4H2;1H,(H2,4,5);. The lowest BCUT2D eigenvalue weighted by atomic mass is 10.0. The molecule has 86 heavy (non-hydrogen) atoms. The fourth-order valence-electron chi connectivity index (χ4n) is 8.22. The van der Waals surface area contributed by atoms with Crippen molar-refractivity contribution in [3.05, 3.63) is 157 Å². The molecule has 0 saturated carbocycles. The van der Waals surface area contributed by atoms with Gasteiger partial charge in [-0.2, -0.15) is 0 Å². The predicted octanol–water partition coefficient (Wildman–Crippen LogP) is 9.90. The number of nitrogens with two attached hydrogens (primary N) is 2. The summed E-state index contributed by atoms with van der Waals surface area (Å²) in [6.45, 7) is 5.47. The van der Waals surface area contributed by atoms with E-state index in [4.69, 9.17) is 78.4 Å². The van der Waals surface area contributed by atoms with Crippen molar-refractivity contribution < 1.29 is 66.4 Å². The minimum atomic E-state index is -3.22. The number of amides is 1. The zero-order valence-corrected chi connectivity index (χ0v) is 52.2. The number of pyridine rings is 4. The number of carbonyl (C=O) groups is 5. The van der Waals surface area contributed by atoms with Gasteiger partial charge in [-0.05, 0) is 124 Å². The Labute approximate surface area is 526 Å². The first-order valence-electron chi connectivity index (χ1n) is 26.4. The van der Waals surface area contributed by atoms with Gasteiger partial charge in [0, 0.05) is 68.1 Å². The monoisotopic (exact) mass is 1320 g/mol.